The minimum Gasteiger partial charge on any atom is -0.358 e. The van der Waals surface area contributed by atoms with E-state index in [4.69, 9.17) is 0 Å². The van der Waals surface area contributed by atoms with E-state index in [1.807, 2.05) is 0 Å². The maximum atomic E-state index is 3.65. The summed E-state index contributed by atoms with van der Waals surface area (Å²) in [6, 6.07) is 5.17. The summed E-state index contributed by atoms with van der Waals surface area (Å²) in [5, 5.41) is 4.84. The van der Waals surface area contributed by atoms with E-state index in [9.17, 15) is 0 Å². The number of aromatic amines is 1. The largest absolute Gasteiger partial charge is 0.358 e. The van der Waals surface area contributed by atoms with Crippen molar-refractivity contribution >= 4 is 10.9 Å². The zero-order chi connectivity index (χ0) is 12.0. The molecule has 90 valence electrons. The third-order valence-electron chi connectivity index (χ3n) is 4.30. The molecule has 0 bridgehead atoms. The number of H-pyrrole nitrogens is 1. The molecule has 1 unspecified atom stereocenters. The van der Waals surface area contributed by atoms with E-state index in [2.05, 4.69) is 43.3 Å². The van der Waals surface area contributed by atoms with Gasteiger partial charge in [-0.05, 0) is 50.4 Å². The van der Waals surface area contributed by atoms with E-state index in [0.717, 1.165) is 6.42 Å². The zero-order valence-electron chi connectivity index (χ0n) is 10.9. The highest BCUT2D eigenvalue weighted by molar-refractivity contribution is 5.88. The number of likely N-dealkylation sites (N-methyl/N-ethyl adjacent to an activating group) is 1. The van der Waals surface area contributed by atoms with Gasteiger partial charge >= 0.3 is 0 Å². The molecule has 1 aromatic carbocycles. The van der Waals surface area contributed by atoms with Crippen LogP contribution in [0.3, 0.4) is 0 Å². The van der Waals surface area contributed by atoms with Gasteiger partial charge in [0.05, 0.1) is 0 Å². The molecule has 0 radical (unpaired) electrons. The topological polar surface area (TPSA) is 27.8 Å². The van der Waals surface area contributed by atoms with Gasteiger partial charge in [0, 0.05) is 29.1 Å². The van der Waals surface area contributed by atoms with Gasteiger partial charge in [0.15, 0.2) is 0 Å². The first-order chi connectivity index (χ1) is 8.20. The number of fused-ring (bicyclic) bond motifs is 3. The molecule has 3 rings (SSSR count). The summed E-state index contributed by atoms with van der Waals surface area (Å²) >= 11 is 0. The Bertz CT molecular complexity index is 566. The Balaban J connectivity index is 2.18. The molecule has 2 heteroatoms. The Morgan fingerprint density at radius 2 is 2.12 bits per heavy atom. The Morgan fingerprint density at radius 1 is 1.29 bits per heavy atom. The minimum absolute atomic E-state index is 0.636. The SMILES string of the molecule is CNC1CCc2c([nH]c3c(C)c(C)ccc23)C1. The number of hydrogen-bond acceptors (Lipinski definition) is 1. The summed E-state index contributed by atoms with van der Waals surface area (Å²) in [5.41, 5.74) is 7.12. The number of aryl methyl sites for hydroxylation is 3. The molecule has 1 heterocycles. The quantitative estimate of drug-likeness (QED) is 0.771. The third kappa shape index (κ3) is 1.59. The lowest BCUT2D eigenvalue weighted by Gasteiger charge is -2.21. The molecule has 2 aromatic rings. The van der Waals surface area contributed by atoms with Gasteiger partial charge in [-0.3, -0.25) is 0 Å². The van der Waals surface area contributed by atoms with E-state index in [1.165, 1.54) is 40.6 Å². The molecule has 0 saturated carbocycles. The van der Waals surface area contributed by atoms with Crippen LogP contribution in [0, 0.1) is 13.8 Å². The summed E-state index contributed by atoms with van der Waals surface area (Å²) in [7, 11) is 2.06. The molecule has 0 saturated heterocycles. The maximum absolute atomic E-state index is 3.65. The second-order valence-electron chi connectivity index (χ2n) is 5.24. The van der Waals surface area contributed by atoms with Gasteiger partial charge in [0.2, 0.25) is 0 Å². The van der Waals surface area contributed by atoms with Gasteiger partial charge in [-0.25, -0.2) is 0 Å². The lowest BCUT2D eigenvalue weighted by Crippen LogP contribution is -2.31. The van der Waals surface area contributed by atoms with Gasteiger partial charge in [-0.2, -0.15) is 0 Å². The first kappa shape index (κ1) is 10.8. The minimum atomic E-state index is 0.636. The normalized spacial score (nSPS) is 19.6. The standard InChI is InChI=1S/C15H20N2/c1-9-4-6-13-12-7-5-11(16-3)8-14(12)17-15(13)10(9)2/h4,6,11,16-17H,5,7-8H2,1-3H3. The van der Waals surface area contributed by atoms with Crippen LogP contribution in [-0.4, -0.2) is 18.1 Å². The summed E-state index contributed by atoms with van der Waals surface area (Å²) in [4.78, 5) is 3.65. The molecule has 1 aromatic heterocycles. The Kier molecular flexibility index (Phi) is 2.48. The molecule has 1 aliphatic carbocycles. The first-order valence-electron chi connectivity index (χ1n) is 6.47. The number of rotatable bonds is 1. The molecular formula is C15H20N2. The van der Waals surface area contributed by atoms with Crippen LogP contribution in [-0.2, 0) is 12.8 Å². The van der Waals surface area contributed by atoms with Crippen molar-refractivity contribution in [1.29, 1.82) is 0 Å². The van der Waals surface area contributed by atoms with Gasteiger partial charge in [0.25, 0.3) is 0 Å². The molecule has 0 spiro atoms. The summed E-state index contributed by atoms with van der Waals surface area (Å²) < 4.78 is 0. The highest BCUT2D eigenvalue weighted by atomic mass is 14.9. The molecule has 2 N–H and O–H groups in total. The summed E-state index contributed by atoms with van der Waals surface area (Å²) in [6.45, 7) is 4.40. The smallest absolute Gasteiger partial charge is 0.0491 e. The van der Waals surface area contributed by atoms with E-state index in [0.29, 0.717) is 6.04 Å². The van der Waals surface area contributed by atoms with Crippen LogP contribution >= 0.6 is 0 Å². The Hall–Kier alpha value is -1.28. The fourth-order valence-electron chi connectivity index (χ4n) is 2.99. The monoisotopic (exact) mass is 228 g/mol. The van der Waals surface area contributed by atoms with E-state index < -0.39 is 0 Å². The van der Waals surface area contributed by atoms with E-state index >= 15 is 0 Å². The third-order valence-corrected chi connectivity index (χ3v) is 4.30. The Morgan fingerprint density at radius 3 is 2.88 bits per heavy atom. The van der Waals surface area contributed by atoms with Crippen molar-refractivity contribution in [3.05, 3.63) is 34.5 Å². The molecule has 1 aliphatic rings. The number of nitrogens with one attached hydrogen (secondary N) is 2. The van der Waals surface area contributed by atoms with Crippen LogP contribution < -0.4 is 5.32 Å². The predicted molar refractivity (Wildman–Crippen MR) is 72.6 cm³/mol. The van der Waals surface area contributed by atoms with Gasteiger partial charge in [-0.1, -0.05) is 12.1 Å². The van der Waals surface area contributed by atoms with Crippen molar-refractivity contribution in [2.75, 3.05) is 7.05 Å². The number of benzene rings is 1. The lowest BCUT2D eigenvalue weighted by molar-refractivity contribution is 0.493. The van der Waals surface area contributed by atoms with Crippen LogP contribution in [0.4, 0.5) is 0 Å². The van der Waals surface area contributed by atoms with Crippen molar-refractivity contribution in [3.63, 3.8) is 0 Å². The maximum Gasteiger partial charge on any atom is 0.0491 e. The predicted octanol–water partition coefficient (Wildman–Crippen LogP) is 2.86. The fourth-order valence-corrected chi connectivity index (χ4v) is 2.99. The Labute approximate surface area is 102 Å². The van der Waals surface area contributed by atoms with Crippen LogP contribution in [0.25, 0.3) is 10.9 Å². The number of hydrogen-bond donors (Lipinski definition) is 2. The highest BCUT2D eigenvalue weighted by Crippen LogP contribution is 2.31. The van der Waals surface area contributed by atoms with Crippen LogP contribution in [0.5, 0.6) is 0 Å². The number of aromatic nitrogens is 1. The molecule has 1 atom stereocenters. The average Bonchev–Trinajstić information content (AvgIpc) is 2.72. The molecule has 2 nitrogen and oxygen atoms in total. The van der Waals surface area contributed by atoms with Crippen molar-refractivity contribution in [2.24, 2.45) is 0 Å². The van der Waals surface area contributed by atoms with Crippen LogP contribution in [0.1, 0.15) is 28.8 Å². The first-order valence-corrected chi connectivity index (χ1v) is 6.47. The van der Waals surface area contributed by atoms with Crippen LogP contribution in [0.2, 0.25) is 0 Å². The molecule has 0 fully saturated rings. The van der Waals surface area contributed by atoms with Crippen LogP contribution in [0.15, 0.2) is 12.1 Å². The molecular weight excluding hydrogens is 208 g/mol. The average molecular weight is 228 g/mol. The highest BCUT2D eigenvalue weighted by Gasteiger charge is 2.21. The van der Waals surface area contributed by atoms with Crippen molar-refractivity contribution in [2.45, 2.75) is 39.2 Å². The zero-order valence-corrected chi connectivity index (χ0v) is 10.9. The second kappa shape index (κ2) is 3.88. The van der Waals surface area contributed by atoms with Crippen molar-refractivity contribution in [3.8, 4) is 0 Å². The fraction of sp³-hybridized carbons (Fsp3) is 0.467. The van der Waals surface area contributed by atoms with Crippen molar-refractivity contribution in [1.82, 2.24) is 10.3 Å². The van der Waals surface area contributed by atoms with Gasteiger partial charge in [-0.15, -0.1) is 0 Å². The van der Waals surface area contributed by atoms with E-state index in [-0.39, 0.29) is 0 Å². The van der Waals surface area contributed by atoms with E-state index in [1.54, 1.807) is 5.56 Å². The van der Waals surface area contributed by atoms with Gasteiger partial charge in [0.1, 0.15) is 0 Å². The van der Waals surface area contributed by atoms with Gasteiger partial charge < -0.3 is 10.3 Å². The lowest BCUT2D eigenvalue weighted by atomic mass is 9.91. The molecule has 17 heavy (non-hydrogen) atoms. The molecule has 0 aliphatic heterocycles. The molecule has 0 amide bonds. The summed E-state index contributed by atoms with van der Waals surface area (Å²) in [5.74, 6) is 0. The second-order valence-corrected chi connectivity index (χ2v) is 5.24. The van der Waals surface area contributed by atoms with Crippen molar-refractivity contribution < 1.29 is 0 Å². The summed E-state index contributed by atoms with van der Waals surface area (Å²) in [6.07, 6.45) is 3.59.